The highest BCUT2D eigenvalue weighted by Crippen LogP contribution is 2.32. The Balaban J connectivity index is 1.63. The number of carbonyl (C=O) groups is 1. The van der Waals surface area contributed by atoms with Gasteiger partial charge < -0.3 is 10.1 Å². The van der Waals surface area contributed by atoms with Crippen LogP contribution < -0.4 is 10.1 Å². The number of methoxy groups -OCH3 is 1. The lowest BCUT2D eigenvalue weighted by Crippen LogP contribution is -2.43. The van der Waals surface area contributed by atoms with Crippen LogP contribution >= 0.6 is 0 Å². The van der Waals surface area contributed by atoms with Gasteiger partial charge in [0.15, 0.2) is 0 Å². The van der Waals surface area contributed by atoms with Crippen LogP contribution in [0.5, 0.6) is 5.75 Å². The van der Waals surface area contributed by atoms with E-state index in [0.717, 1.165) is 25.0 Å². The molecule has 3 rings (SSSR count). The number of aryl methyl sites for hydroxylation is 1. The Morgan fingerprint density at radius 2 is 1.96 bits per heavy atom. The number of rotatable bonds is 4. The Bertz CT molecular complexity index is 739. The zero-order chi connectivity index (χ0) is 18.0. The van der Waals surface area contributed by atoms with Crippen LogP contribution in [0.2, 0.25) is 0 Å². The molecule has 2 aliphatic rings. The third kappa shape index (κ3) is 4.15. The first-order valence-corrected chi connectivity index (χ1v) is 10.7. The van der Waals surface area contributed by atoms with E-state index in [9.17, 15) is 13.2 Å². The van der Waals surface area contributed by atoms with Crippen molar-refractivity contribution in [2.24, 2.45) is 5.92 Å². The van der Waals surface area contributed by atoms with E-state index in [1.54, 1.807) is 7.11 Å². The first kappa shape index (κ1) is 18.2. The Labute approximate surface area is 149 Å². The van der Waals surface area contributed by atoms with Crippen molar-refractivity contribution < 1.29 is 17.9 Å². The zero-order valence-electron chi connectivity index (χ0n) is 14.8. The average molecular weight is 366 g/mol. The molecule has 1 amide bonds. The molecular formula is C18H26N2O4S. The van der Waals surface area contributed by atoms with Gasteiger partial charge in [0.1, 0.15) is 5.75 Å². The predicted octanol–water partition coefficient (Wildman–Crippen LogP) is 1.86. The summed E-state index contributed by atoms with van der Waals surface area (Å²) in [5, 5.41) is 3.19. The van der Waals surface area contributed by atoms with Crippen LogP contribution in [0, 0.1) is 5.92 Å². The number of benzene rings is 1. The van der Waals surface area contributed by atoms with Crippen molar-refractivity contribution >= 4 is 15.9 Å². The molecule has 1 N–H and O–H groups in total. The fourth-order valence-corrected chi connectivity index (χ4v) is 4.68. The van der Waals surface area contributed by atoms with Gasteiger partial charge >= 0.3 is 0 Å². The van der Waals surface area contributed by atoms with Crippen LogP contribution in [0.4, 0.5) is 0 Å². The molecule has 0 saturated carbocycles. The maximum absolute atomic E-state index is 12.7. The molecule has 1 aromatic rings. The van der Waals surface area contributed by atoms with Gasteiger partial charge in [-0.3, -0.25) is 4.79 Å². The molecule has 1 heterocycles. The molecule has 1 fully saturated rings. The van der Waals surface area contributed by atoms with E-state index in [4.69, 9.17) is 4.74 Å². The van der Waals surface area contributed by atoms with Gasteiger partial charge in [-0.25, -0.2) is 12.7 Å². The second kappa shape index (κ2) is 7.33. The van der Waals surface area contributed by atoms with E-state index in [0.29, 0.717) is 25.9 Å². The standard InChI is InChI=1S/C18H26N2O4S/c1-24-15-6-7-16-14(12-15)4-3-5-17(16)19-18(21)13-8-10-20(11-9-13)25(2,22)23/h6-7,12-13,17H,3-5,8-11H2,1-2H3,(H,19,21)/t17-/m1/s1. The lowest BCUT2D eigenvalue weighted by atomic mass is 9.86. The van der Waals surface area contributed by atoms with Crippen LogP contribution in [0.15, 0.2) is 18.2 Å². The average Bonchev–Trinajstić information content (AvgIpc) is 2.60. The van der Waals surface area contributed by atoms with Crippen molar-refractivity contribution in [2.75, 3.05) is 26.5 Å². The molecule has 0 aromatic heterocycles. The normalized spacial score (nSPS) is 22.2. The van der Waals surface area contributed by atoms with Gasteiger partial charge in [-0.15, -0.1) is 0 Å². The highest BCUT2D eigenvalue weighted by Gasteiger charge is 2.31. The number of nitrogens with one attached hydrogen (secondary N) is 1. The van der Waals surface area contributed by atoms with E-state index >= 15 is 0 Å². The van der Waals surface area contributed by atoms with Crippen LogP contribution in [0.3, 0.4) is 0 Å². The molecule has 1 aliphatic carbocycles. The summed E-state index contributed by atoms with van der Waals surface area (Å²) >= 11 is 0. The fourth-order valence-electron chi connectivity index (χ4n) is 3.81. The van der Waals surface area contributed by atoms with Crippen LogP contribution in [-0.2, 0) is 21.2 Å². The molecule has 0 spiro atoms. The highest BCUT2D eigenvalue weighted by molar-refractivity contribution is 7.88. The van der Waals surface area contributed by atoms with Crippen molar-refractivity contribution in [1.82, 2.24) is 9.62 Å². The molecule has 1 aromatic carbocycles. The first-order chi connectivity index (χ1) is 11.9. The van der Waals surface area contributed by atoms with E-state index in [2.05, 4.69) is 11.4 Å². The molecule has 6 nitrogen and oxygen atoms in total. The zero-order valence-corrected chi connectivity index (χ0v) is 15.6. The molecule has 7 heteroatoms. The molecule has 1 atom stereocenters. The lowest BCUT2D eigenvalue weighted by molar-refractivity contribution is -0.127. The smallest absolute Gasteiger partial charge is 0.223 e. The number of hydrogen-bond donors (Lipinski definition) is 1. The molecule has 0 unspecified atom stereocenters. The highest BCUT2D eigenvalue weighted by atomic mass is 32.2. The van der Waals surface area contributed by atoms with E-state index in [1.807, 2.05) is 12.1 Å². The summed E-state index contributed by atoms with van der Waals surface area (Å²) in [7, 11) is -1.50. The lowest BCUT2D eigenvalue weighted by Gasteiger charge is -2.32. The number of fused-ring (bicyclic) bond motifs is 1. The SMILES string of the molecule is COc1ccc2c(c1)CCC[C@H]2NC(=O)C1CCN(S(C)(=O)=O)CC1. The molecule has 0 bridgehead atoms. The number of hydrogen-bond acceptors (Lipinski definition) is 4. The summed E-state index contributed by atoms with van der Waals surface area (Å²) in [4.78, 5) is 12.7. The van der Waals surface area contributed by atoms with Crippen LogP contribution in [-0.4, -0.2) is 45.1 Å². The molecule has 25 heavy (non-hydrogen) atoms. The Hall–Kier alpha value is -1.60. The quantitative estimate of drug-likeness (QED) is 0.882. The number of nitrogens with zero attached hydrogens (tertiary/aromatic N) is 1. The summed E-state index contributed by atoms with van der Waals surface area (Å²) in [5.41, 5.74) is 2.41. The van der Waals surface area contributed by atoms with Crippen molar-refractivity contribution in [1.29, 1.82) is 0 Å². The van der Waals surface area contributed by atoms with Gasteiger partial charge in [0.25, 0.3) is 0 Å². The Morgan fingerprint density at radius 3 is 2.60 bits per heavy atom. The van der Waals surface area contributed by atoms with Gasteiger partial charge in [0.05, 0.1) is 19.4 Å². The van der Waals surface area contributed by atoms with E-state index in [-0.39, 0.29) is 17.9 Å². The number of carbonyl (C=O) groups excluding carboxylic acids is 1. The van der Waals surface area contributed by atoms with Crippen LogP contribution in [0.1, 0.15) is 42.9 Å². The number of amides is 1. The number of ether oxygens (including phenoxy) is 1. The summed E-state index contributed by atoms with van der Waals surface area (Å²) < 4.78 is 29.9. The minimum Gasteiger partial charge on any atom is -0.497 e. The largest absolute Gasteiger partial charge is 0.497 e. The Kier molecular flexibility index (Phi) is 5.34. The fraction of sp³-hybridized carbons (Fsp3) is 0.611. The maximum atomic E-state index is 12.7. The summed E-state index contributed by atoms with van der Waals surface area (Å²) in [6.07, 6.45) is 5.37. The van der Waals surface area contributed by atoms with Gasteiger partial charge in [-0.1, -0.05) is 6.07 Å². The van der Waals surface area contributed by atoms with Gasteiger partial charge in [-0.2, -0.15) is 0 Å². The van der Waals surface area contributed by atoms with Crippen molar-refractivity contribution in [3.05, 3.63) is 29.3 Å². The minimum atomic E-state index is -3.16. The molecular weight excluding hydrogens is 340 g/mol. The van der Waals surface area contributed by atoms with E-state index in [1.165, 1.54) is 21.7 Å². The van der Waals surface area contributed by atoms with Crippen molar-refractivity contribution in [2.45, 2.75) is 38.1 Å². The topological polar surface area (TPSA) is 75.7 Å². The summed E-state index contributed by atoms with van der Waals surface area (Å²) in [5.74, 6) is 0.780. The molecule has 1 saturated heterocycles. The molecule has 0 radical (unpaired) electrons. The van der Waals surface area contributed by atoms with Crippen molar-refractivity contribution in [3.63, 3.8) is 0 Å². The Morgan fingerprint density at radius 1 is 1.24 bits per heavy atom. The molecule has 138 valence electrons. The summed E-state index contributed by atoms with van der Waals surface area (Å²) in [6, 6.07) is 6.08. The third-order valence-electron chi connectivity index (χ3n) is 5.27. The number of piperidine rings is 1. The van der Waals surface area contributed by atoms with Gasteiger partial charge in [-0.05, 0) is 55.4 Å². The summed E-state index contributed by atoms with van der Waals surface area (Å²) in [6.45, 7) is 0.852. The van der Waals surface area contributed by atoms with Gasteiger partial charge in [0.2, 0.25) is 15.9 Å². The maximum Gasteiger partial charge on any atom is 0.223 e. The van der Waals surface area contributed by atoms with E-state index < -0.39 is 10.0 Å². The monoisotopic (exact) mass is 366 g/mol. The predicted molar refractivity (Wildman–Crippen MR) is 96.0 cm³/mol. The second-order valence-electron chi connectivity index (χ2n) is 6.95. The van der Waals surface area contributed by atoms with Crippen LogP contribution in [0.25, 0.3) is 0 Å². The molecule has 1 aliphatic heterocycles. The first-order valence-electron chi connectivity index (χ1n) is 8.81. The van der Waals surface area contributed by atoms with Gasteiger partial charge in [0, 0.05) is 19.0 Å². The van der Waals surface area contributed by atoms with Crippen molar-refractivity contribution in [3.8, 4) is 5.75 Å². The third-order valence-corrected chi connectivity index (χ3v) is 6.58. The minimum absolute atomic E-state index is 0.0371. The second-order valence-corrected chi connectivity index (χ2v) is 8.94. The number of sulfonamides is 1.